The predicted molar refractivity (Wildman–Crippen MR) is 73.3 cm³/mol. The summed E-state index contributed by atoms with van der Waals surface area (Å²) in [4.78, 5) is 13.1. The number of anilines is 1. The molecular formula is C13H16BrNO3. The number of rotatable bonds is 5. The first-order valence-electron chi connectivity index (χ1n) is 5.76. The van der Waals surface area contributed by atoms with Crippen LogP contribution in [-0.4, -0.2) is 31.8 Å². The Morgan fingerprint density at radius 1 is 1.56 bits per heavy atom. The number of hydrogen-bond donors (Lipinski definition) is 1. The van der Waals surface area contributed by atoms with Gasteiger partial charge in [-0.2, -0.15) is 0 Å². The molecule has 0 amide bonds. The van der Waals surface area contributed by atoms with Crippen LogP contribution in [0, 0.1) is 5.41 Å². The molecule has 0 spiro atoms. The van der Waals surface area contributed by atoms with Crippen molar-refractivity contribution in [2.45, 2.75) is 12.8 Å². The minimum Gasteiger partial charge on any atom is -0.496 e. The fraction of sp³-hybridized carbons (Fsp3) is 0.462. The number of carboxylic acids is 1. The van der Waals surface area contributed by atoms with Gasteiger partial charge in [0.15, 0.2) is 0 Å². The van der Waals surface area contributed by atoms with Crippen molar-refractivity contribution in [3.05, 3.63) is 22.7 Å². The van der Waals surface area contributed by atoms with E-state index in [2.05, 4.69) is 15.9 Å². The van der Waals surface area contributed by atoms with Gasteiger partial charge in [-0.3, -0.25) is 4.79 Å². The molecule has 98 valence electrons. The number of nitrogens with zero attached hydrogens (tertiary/aromatic N) is 1. The van der Waals surface area contributed by atoms with E-state index in [9.17, 15) is 9.90 Å². The van der Waals surface area contributed by atoms with Crippen molar-refractivity contribution in [2.24, 2.45) is 5.41 Å². The molecule has 18 heavy (non-hydrogen) atoms. The molecule has 0 aliphatic heterocycles. The molecule has 0 radical (unpaired) electrons. The molecule has 1 aliphatic rings. The lowest BCUT2D eigenvalue weighted by Gasteiger charge is -2.23. The van der Waals surface area contributed by atoms with Crippen molar-refractivity contribution in [1.82, 2.24) is 0 Å². The third-order valence-electron chi connectivity index (χ3n) is 3.42. The first-order chi connectivity index (χ1) is 8.48. The maximum absolute atomic E-state index is 11.2. The lowest BCUT2D eigenvalue weighted by molar-refractivity contribution is -0.142. The Bertz CT molecular complexity index is 471. The zero-order valence-electron chi connectivity index (χ0n) is 10.4. The maximum atomic E-state index is 11.2. The van der Waals surface area contributed by atoms with Gasteiger partial charge in [-0.05, 0) is 47.0 Å². The molecule has 0 heterocycles. The lowest BCUT2D eigenvalue weighted by Crippen LogP contribution is -2.31. The Hall–Kier alpha value is -1.23. The van der Waals surface area contributed by atoms with E-state index >= 15 is 0 Å². The highest BCUT2D eigenvalue weighted by Crippen LogP contribution is 2.47. The number of aliphatic carboxylic acids is 1. The zero-order valence-corrected chi connectivity index (χ0v) is 12.0. The van der Waals surface area contributed by atoms with Crippen LogP contribution in [0.3, 0.4) is 0 Å². The first-order valence-corrected chi connectivity index (χ1v) is 6.56. The van der Waals surface area contributed by atoms with Crippen molar-refractivity contribution in [2.75, 3.05) is 25.6 Å². The predicted octanol–water partition coefficient (Wildman–Crippen LogP) is 2.76. The normalized spacial score (nSPS) is 16.2. The van der Waals surface area contributed by atoms with Crippen LogP contribution < -0.4 is 9.64 Å². The van der Waals surface area contributed by atoms with Crippen molar-refractivity contribution in [3.8, 4) is 5.75 Å². The van der Waals surface area contributed by atoms with Crippen molar-refractivity contribution in [1.29, 1.82) is 0 Å². The molecule has 0 saturated heterocycles. The topological polar surface area (TPSA) is 49.8 Å². The van der Waals surface area contributed by atoms with E-state index < -0.39 is 11.4 Å². The number of carbonyl (C=O) groups is 1. The van der Waals surface area contributed by atoms with Gasteiger partial charge in [0.25, 0.3) is 0 Å². The van der Waals surface area contributed by atoms with Crippen LogP contribution in [0.2, 0.25) is 0 Å². The maximum Gasteiger partial charge on any atom is 0.311 e. The highest BCUT2D eigenvalue weighted by atomic mass is 79.9. The van der Waals surface area contributed by atoms with Crippen LogP contribution in [0.4, 0.5) is 5.69 Å². The van der Waals surface area contributed by atoms with E-state index in [-0.39, 0.29) is 0 Å². The number of hydrogen-bond acceptors (Lipinski definition) is 3. The second-order valence-corrected chi connectivity index (χ2v) is 5.61. The number of methoxy groups -OCH3 is 1. The average molecular weight is 314 g/mol. The molecule has 2 rings (SSSR count). The summed E-state index contributed by atoms with van der Waals surface area (Å²) in [5, 5.41) is 9.18. The summed E-state index contributed by atoms with van der Waals surface area (Å²) in [5.41, 5.74) is 0.441. The summed E-state index contributed by atoms with van der Waals surface area (Å²) >= 11 is 3.43. The van der Waals surface area contributed by atoms with E-state index in [1.165, 1.54) is 0 Å². The highest BCUT2D eigenvalue weighted by Gasteiger charge is 2.50. The number of carboxylic acid groups (broad SMARTS) is 1. The second kappa shape index (κ2) is 4.80. The average Bonchev–Trinajstić information content (AvgIpc) is 3.10. The molecule has 1 fully saturated rings. The highest BCUT2D eigenvalue weighted by molar-refractivity contribution is 9.10. The van der Waals surface area contributed by atoms with Gasteiger partial charge in [0, 0.05) is 19.3 Å². The van der Waals surface area contributed by atoms with Crippen molar-refractivity contribution in [3.63, 3.8) is 0 Å². The molecule has 4 nitrogen and oxygen atoms in total. The van der Waals surface area contributed by atoms with Crippen molar-refractivity contribution >= 4 is 27.6 Å². The number of benzene rings is 1. The van der Waals surface area contributed by atoms with Gasteiger partial charge in [0.2, 0.25) is 0 Å². The van der Waals surface area contributed by atoms with Crippen molar-refractivity contribution < 1.29 is 14.6 Å². The smallest absolute Gasteiger partial charge is 0.311 e. The molecule has 0 aromatic heterocycles. The Labute approximate surface area is 115 Å². The molecular weight excluding hydrogens is 298 g/mol. The minimum absolute atomic E-state index is 0.541. The van der Waals surface area contributed by atoms with Gasteiger partial charge >= 0.3 is 5.97 Å². The Balaban J connectivity index is 2.12. The fourth-order valence-corrected chi connectivity index (χ4v) is 2.56. The minimum atomic E-state index is -0.693. The van der Waals surface area contributed by atoms with Gasteiger partial charge in [-0.25, -0.2) is 0 Å². The standard InChI is InChI=1S/C13H16BrNO3/c1-15(8-13(5-6-13)12(16)17)9-3-4-11(18-2)10(14)7-9/h3-4,7H,5-6,8H2,1-2H3,(H,16,17). The summed E-state index contributed by atoms with van der Waals surface area (Å²) in [6, 6.07) is 5.74. The Kier molecular flexibility index (Phi) is 3.52. The Morgan fingerprint density at radius 3 is 2.67 bits per heavy atom. The molecule has 1 saturated carbocycles. The molecule has 0 atom stereocenters. The van der Waals surface area contributed by atoms with E-state index in [1.807, 2.05) is 30.1 Å². The molecule has 5 heteroatoms. The van der Waals surface area contributed by atoms with E-state index in [0.29, 0.717) is 6.54 Å². The van der Waals surface area contributed by atoms with Crippen LogP contribution in [-0.2, 0) is 4.79 Å². The van der Waals surface area contributed by atoms with Crippen LogP contribution in [0.5, 0.6) is 5.75 Å². The molecule has 1 aliphatic carbocycles. The summed E-state index contributed by atoms with van der Waals surface area (Å²) in [7, 11) is 3.53. The second-order valence-electron chi connectivity index (χ2n) is 4.76. The molecule has 1 aromatic carbocycles. The first kappa shape index (κ1) is 13.2. The third kappa shape index (κ3) is 2.46. The molecule has 0 unspecified atom stereocenters. The number of ether oxygens (including phenoxy) is 1. The summed E-state index contributed by atoms with van der Waals surface area (Å²) in [6.45, 7) is 0.543. The van der Waals surface area contributed by atoms with Crippen LogP contribution >= 0.6 is 15.9 Å². The van der Waals surface area contributed by atoms with Gasteiger partial charge in [-0.15, -0.1) is 0 Å². The zero-order chi connectivity index (χ0) is 13.3. The van der Waals surface area contributed by atoms with Gasteiger partial charge in [-0.1, -0.05) is 0 Å². The van der Waals surface area contributed by atoms with Gasteiger partial charge in [0.05, 0.1) is 17.0 Å². The van der Waals surface area contributed by atoms with Crippen LogP contribution in [0.1, 0.15) is 12.8 Å². The van der Waals surface area contributed by atoms with Gasteiger partial charge < -0.3 is 14.7 Å². The van der Waals surface area contributed by atoms with E-state index in [0.717, 1.165) is 28.8 Å². The lowest BCUT2D eigenvalue weighted by atomic mass is 10.1. The third-order valence-corrected chi connectivity index (χ3v) is 4.04. The summed E-state index contributed by atoms with van der Waals surface area (Å²) in [6.07, 6.45) is 1.54. The van der Waals surface area contributed by atoms with Gasteiger partial charge in [0.1, 0.15) is 5.75 Å². The fourth-order valence-electron chi connectivity index (χ4n) is 2.03. The molecule has 0 bridgehead atoms. The summed E-state index contributed by atoms with van der Waals surface area (Å²) in [5.74, 6) is 0.0773. The van der Waals surface area contributed by atoms with E-state index in [1.54, 1.807) is 7.11 Å². The van der Waals surface area contributed by atoms with Crippen LogP contribution in [0.25, 0.3) is 0 Å². The monoisotopic (exact) mass is 313 g/mol. The Morgan fingerprint density at radius 2 is 2.22 bits per heavy atom. The quantitative estimate of drug-likeness (QED) is 0.908. The van der Waals surface area contributed by atoms with Crippen LogP contribution in [0.15, 0.2) is 22.7 Å². The van der Waals surface area contributed by atoms with E-state index in [4.69, 9.17) is 4.74 Å². The largest absolute Gasteiger partial charge is 0.496 e. The summed E-state index contributed by atoms with van der Waals surface area (Å²) < 4.78 is 6.04. The SMILES string of the molecule is COc1ccc(N(C)CC2(C(=O)O)CC2)cc1Br. The number of halogens is 1. The molecule has 1 aromatic rings. The molecule has 1 N–H and O–H groups in total.